The topological polar surface area (TPSA) is 33.1 Å². The summed E-state index contributed by atoms with van der Waals surface area (Å²) < 4.78 is 12.9. The molecule has 1 unspecified atom stereocenters. The average molecular weight is 223 g/mol. The first kappa shape index (κ1) is 10.3. The van der Waals surface area contributed by atoms with Crippen LogP contribution < -0.4 is 0 Å². The van der Waals surface area contributed by atoms with Gasteiger partial charge in [0, 0.05) is 5.38 Å². The van der Waals surface area contributed by atoms with Crippen molar-refractivity contribution in [2.24, 2.45) is 0 Å². The maximum Gasteiger partial charge on any atom is 0.123 e. The number of thiazole rings is 1. The zero-order valence-electron chi connectivity index (χ0n) is 8.14. The van der Waals surface area contributed by atoms with Crippen molar-refractivity contribution >= 4 is 11.3 Å². The predicted molar refractivity (Wildman–Crippen MR) is 57.3 cm³/mol. The molecule has 1 N–H and O–H groups in total. The second-order valence-electron chi connectivity index (χ2n) is 3.32. The van der Waals surface area contributed by atoms with Crippen LogP contribution in [0, 0.1) is 12.7 Å². The highest BCUT2D eigenvalue weighted by Gasteiger charge is 2.14. The van der Waals surface area contributed by atoms with E-state index >= 15 is 0 Å². The van der Waals surface area contributed by atoms with E-state index < -0.39 is 6.10 Å². The molecule has 0 saturated carbocycles. The third-order valence-corrected chi connectivity index (χ3v) is 2.86. The molecule has 0 saturated heterocycles. The van der Waals surface area contributed by atoms with Crippen LogP contribution in [0.4, 0.5) is 4.39 Å². The zero-order chi connectivity index (χ0) is 10.8. The minimum atomic E-state index is -0.767. The van der Waals surface area contributed by atoms with Gasteiger partial charge >= 0.3 is 0 Å². The number of aliphatic hydroxyl groups excluding tert-OH is 1. The first-order chi connectivity index (χ1) is 7.18. The Morgan fingerprint density at radius 3 is 2.87 bits per heavy atom. The maximum absolute atomic E-state index is 12.9. The van der Waals surface area contributed by atoms with Gasteiger partial charge in [0.25, 0.3) is 0 Å². The van der Waals surface area contributed by atoms with Gasteiger partial charge in [0.1, 0.15) is 11.9 Å². The quantitative estimate of drug-likeness (QED) is 0.849. The smallest absolute Gasteiger partial charge is 0.123 e. The van der Waals surface area contributed by atoms with Gasteiger partial charge in [-0.15, -0.1) is 11.3 Å². The number of hydrogen-bond acceptors (Lipinski definition) is 3. The van der Waals surface area contributed by atoms with Gasteiger partial charge in [-0.05, 0) is 30.2 Å². The van der Waals surface area contributed by atoms with Crippen LogP contribution in [0.3, 0.4) is 0 Å². The third-order valence-electron chi connectivity index (χ3n) is 2.26. The normalized spacial score (nSPS) is 12.7. The van der Waals surface area contributed by atoms with Crippen LogP contribution in [0.25, 0.3) is 0 Å². The van der Waals surface area contributed by atoms with Crippen LogP contribution in [0.1, 0.15) is 22.9 Å². The molecule has 0 aliphatic carbocycles. The van der Waals surface area contributed by atoms with E-state index in [0.29, 0.717) is 11.3 Å². The molecule has 15 heavy (non-hydrogen) atoms. The lowest BCUT2D eigenvalue weighted by molar-refractivity contribution is 0.215. The predicted octanol–water partition coefficient (Wildman–Crippen LogP) is 2.67. The van der Waals surface area contributed by atoms with E-state index in [0.717, 1.165) is 5.56 Å². The fourth-order valence-electron chi connectivity index (χ4n) is 1.46. The van der Waals surface area contributed by atoms with Crippen molar-refractivity contribution in [2.75, 3.05) is 0 Å². The standard InChI is InChI=1S/C11H10FNOS/c1-7-4-8(12)2-3-9(7)11(14)10-5-15-6-13-10/h2-6,11,14H,1H3. The van der Waals surface area contributed by atoms with Crippen molar-refractivity contribution in [3.8, 4) is 0 Å². The Hall–Kier alpha value is -1.26. The van der Waals surface area contributed by atoms with Crippen molar-refractivity contribution in [1.82, 2.24) is 4.98 Å². The summed E-state index contributed by atoms with van der Waals surface area (Å²) in [5.74, 6) is -0.290. The highest BCUT2D eigenvalue weighted by atomic mass is 32.1. The molecule has 1 heterocycles. The molecule has 2 nitrogen and oxygen atoms in total. The Kier molecular flexibility index (Phi) is 2.79. The van der Waals surface area contributed by atoms with Gasteiger partial charge in [-0.3, -0.25) is 0 Å². The number of rotatable bonds is 2. The first-order valence-corrected chi connectivity index (χ1v) is 5.45. The number of halogens is 1. The Labute approximate surface area is 91.0 Å². The van der Waals surface area contributed by atoms with Gasteiger partial charge < -0.3 is 5.11 Å². The minimum absolute atomic E-state index is 0.290. The molecule has 0 aliphatic heterocycles. The van der Waals surface area contributed by atoms with Crippen molar-refractivity contribution in [1.29, 1.82) is 0 Å². The maximum atomic E-state index is 12.9. The monoisotopic (exact) mass is 223 g/mol. The number of nitrogens with zero attached hydrogens (tertiary/aromatic N) is 1. The summed E-state index contributed by atoms with van der Waals surface area (Å²) in [5.41, 5.74) is 3.70. The van der Waals surface area contributed by atoms with Gasteiger partial charge in [-0.1, -0.05) is 6.07 Å². The molecule has 0 aliphatic rings. The number of aryl methyl sites for hydroxylation is 1. The second kappa shape index (κ2) is 4.08. The molecular weight excluding hydrogens is 213 g/mol. The van der Waals surface area contributed by atoms with Crippen LogP contribution in [0.2, 0.25) is 0 Å². The fraction of sp³-hybridized carbons (Fsp3) is 0.182. The molecule has 1 aromatic heterocycles. The molecule has 0 fully saturated rings. The zero-order valence-corrected chi connectivity index (χ0v) is 8.96. The molecule has 4 heteroatoms. The van der Waals surface area contributed by atoms with Crippen LogP contribution >= 0.6 is 11.3 Å². The Morgan fingerprint density at radius 1 is 1.47 bits per heavy atom. The van der Waals surface area contributed by atoms with Crippen molar-refractivity contribution < 1.29 is 9.50 Å². The molecule has 1 aromatic carbocycles. The summed E-state index contributed by atoms with van der Waals surface area (Å²) in [6, 6.07) is 4.34. The van der Waals surface area contributed by atoms with Crippen molar-refractivity contribution in [3.63, 3.8) is 0 Å². The molecule has 0 radical (unpaired) electrons. The van der Waals surface area contributed by atoms with Gasteiger partial charge in [0.2, 0.25) is 0 Å². The summed E-state index contributed by atoms with van der Waals surface area (Å²) in [5, 5.41) is 11.8. The van der Waals surface area contributed by atoms with E-state index in [9.17, 15) is 9.50 Å². The first-order valence-electron chi connectivity index (χ1n) is 4.50. The number of hydrogen-bond donors (Lipinski definition) is 1. The lowest BCUT2D eigenvalue weighted by Crippen LogP contribution is -2.02. The van der Waals surface area contributed by atoms with Crippen molar-refractivity contribution in [3.05, 3.63) is 51.7 Å². The largest absolute Gasteiger partial charge is 0.382 e. The summed E-state index contributed by atoms with van der Waals surface area (Å²) >= 11 is 1.43. The van der Waals surface area contributed by atoms with Gasteiger partial charge in [-0.2, -0.15) is 0 Å². The molecule has 2 aromatic rings. The number of aliphatic hydroxyl groups is 1. The van der Waals surface area contributed by atoms with E-state index in [2.05, 4.69) is 4.98 Å². The molecule has 1 atom stereocenters. The molecule has 78 valence electrons. The van der Waals surface area contributed by atoms with Gasteiger partial charge in [0.15, 0.2) is 0 Å². The van der Waals surface area contributed by atoms with Gasteiger partial charge in [-0.25, -0.2) is 9.37 Å². The van der Waals surface area contributed by atoms with Crippen LogP contribution in [0.15, 0.2) is 29.1 Å². The summed E-state index contributed by atoms with van der Waals surface area (Å²) in [4.78, 5) is 4.03. The SMILES string of the molecule is Cc1cc(F)ccc1C(O)c1cscn1. The lowest BCUT2D eigenvalue weighted by atomic mass is 10.0. The second-order valence-corrected chi connectivity index (χ2v) is 4.04. The number of aromatic nitrogens is 1. The van der Waals surface area contributed by atoms with E-state index in [1.54, 1.807) is 23.9 Å². The van der Waals surface area contributed by atoms with E-state index in [-0.39, 0.29) is 5.82 Å². The van der Waals surface area contributed by atoms with Crippen molar-refractivity contribution in [2.45, 2.75) is 13.0 Å². The summed E-state index contributed by atoms with van der Waals surface area (Å²) in [7, 11) is 0. The molecule has 0 spiro atoms. The van der Waals surface area contributed by atoms with Crippen LogP contribution in [-0.4, -0.2) is 10.1 Å². The lowest BCUT2D eigenvalue weighted by Gasteiger charge is -2.11. The molecular formula is C11H10FNOS. The van der Waals surface area contributed by atoms with Crippen LogP contribution in [-0.2, 0) is 0 Å². The molecule has 0 bridgehead atoms. The highest BCUT2D eigenvalue weighted by molar-refractivity contribution is 7.07. The Balaban J connectivity index is 2.38. The average Bonchev–Trinajstić information content (AvgIpc) is 2.69. The van der Waals surface area contributed by atoms with Crippen LogP contribution in [0.5, 0.6) is 0 Å². The summed E-state index contributed by atoms with van der Waals surface area (Å²) in [6.45, 7) is 1.77. The Morgan fingerprint density at radius 2 is 2.27 bits per heavy atom. The fourth-order valence-corrected chi connectivity index (χ4v) is 2.03. The van der Waals surface area contributed by atoms with E-state index in [4.69, 9.17) is 0 Å². The molecule has 0 amide bonds. The number of benzene rings is 1. The highest BCUT2D eigenvalue weighted by Crippen LogP contribution is 2.24. The Bertz CT molecular complexity index is 456. The van der Waals surface area contributed by atoms with E-state index in [1.807, 2.05) is 0 Å². The third kappa shape index (κ3) is 2.06. The van der Waals surface area contributed by atoms with Gasteiger partial charge in [0.05, 0.1) is 11.2 Å². The summed E-state index contributed by atoms with van der Waals surface area (Å²) in [6.07, 6.45) is -0.767. The minimum Gasteiger partial charge on any atom is -0.382 e. The van der Waals surface area contributed by atoms with E-state index in [1.165, 1.54) is 23.5 Å². The molecule has 2 rings (SSSR count).